The molecule has 1 aliphatic carbocycles. The van der Waals surface area contributed by atoms with Gasteiger partial charge in [0.05, 0.1) is 0 Å². The Hall–Kier alpha value is -1.32. The van der Waals surface area contributed by atoms with Crippen molar-refractivity contribution in [2.45, 2.75) is 64.8 Å². The molecular weight excluding hydrogens is 236 g/mol. The number of aromatic nitrogens is 2. The molecule has 1 aromatic rings. The Morgan fingerprint density at radius 2 is 1.89 bits per heavy atom. The van der Waals surface area contributed by atoms with E-state index in [-0.39, 0.29) is 0 Å². The Bertz CT molecular complexity index is 397. The van der Waals surface area contributed by atoms with Gasteiger partial charge in [-0.1, -0.05) is 33.6 Å². The van der Waals surface area contributed by atoms with Gasteiger partial charge in [-0.2, -0.15) is 0 Å². The van der Waals surface area contributed by atoms with Crippen molar-refractivity contribution in [3.63, 3.8) is 0 Å². The molecule has 106 valence electrons. The topological polar surface area (TPSA) is 49.8 Å². The number of hydrogen-bond acceptors (Lipinski definition) is 4. The molecule has 4 heteroatoms. The summed E-state index contributed by atoms with van der Waals surface area (Å²) >= 11 is 0. The molecule has 0 saturated heterocycles. The van der Waals surface area contributed by atoms with Gasteiger partial charge in [-0.3, -0.25) is 0 Å². The van der Waals surface area contributed by atoms with Crippen molar-refractivity contribution >= 4 is 11.6 Å². The summed E-state index contributed by atoms with van der Waals surface area (Å²) in [5, 5.41) is 6.93. The molecule has 0 atom stereocenters. The van der Waals surface area contributed by atoms with Gasteiger partial charge in [-0.05, 0) is 19.3 Å². The maximum absolute atomic E-state index is 4.64. The first-order valence-electron chi connectivity index (χ1n) is 7.58. The molecule has 2 N–H and O–H groups in total. The third kappa shape index (κ3) is 4.08. The average Bonchev–Trinajstić information content (AvgIpc) is 2.89. The van der Waals surface area contributed by atoms with Crippen LogP contribution in [0.25, 0.3) is 0 Å². The summed E-state index contributed by atoms with van der Waals surface area (Å²) in [4.78, 5) is 9.23. The van der Waals surface area contributed by atoms with Crippen LogP contribution in [0.3, 0.4) is 0 Å². The van der Waals surface area contributed by atoms with Gasteiger partial charge in [0.2, 0.25) is 0 Å². The summed E-state index contributed by atoms with van der Waals surface area (Å²) in [6.45, 7) is 7.39. The molecule has 2 rings (SSSR count). The highest BCUT2D eigenvalue weighted by Crippen LogP contribution is 2.23. The molecular formula is C15H26N4. The van der Waals surface area contributed by atoms with E-state index >= 15 is 0 Å². The Balaban J connectivity index is 2.12. The summed E-state index contributed by atoms with van der Waals surface area (Å²) in [6, 6.07) is 2.63. The smallest absolute Gasteiger partial charge is 0.135 e. The molecule has 1 aliphatic rings. The molecule has 19 heavy (non-hydrogen) atoms. The summed E-state index contributed by atoms with van der Waals surface area (Å²) < 4.78 is 0. The maximum Gasteiger partial charge on any atom is 0.135 e. The van der Waals surface area contributed by atoms with Crippen molar-refractivity contribution in [3.05, 3.63) is 11.9 Å². The molecule has 4 nitrogen and oxygen atoms in total. The van der Waals surface area contributed by atoms with Crippen LogP contribution in [0.4, 0.5) is 11.6 Å². The molecule has 1 saturated carbocycles. The molecule has 0 spiro atoms. The molecule has 0 aromatic carbocycles. The zero-order valence-electron chi connectivity index (χ0n) is 12.4. The second-order valence-electron chi connectivity index (χ2n) is 5.70. The summed E-state index contributed by atoms with van der Waals surface area (Å²) in [5.74, 6) is 3.19. The highest BCUT2D eigenvalue weighted by molar-refractivity contribution is 5.48. The normalized spacial score (nSPS) is 16.0. The Morgan fingerprint density at radius 1 is 1.21 bits per heavy atom. The van der Waals surface area contributed by atoms with Crippen molar-refractivity contribution in [3.8, 4) is 0 Å². The highest BCUT2D eigenvalue weighted by Gasteiger charge is 2.16. The first kappa shape index (κ1) is 14.1. The predicted octanol–water partition coefficient (Wildman–Crippen LogP) is 3.78. The summed E-state index contributed by atoms with van der Waals surface area (Å²) in [5.41, 5.74) is 0. The van der Waals surface area contributed by atoms with Crippen LogP contribution in [0.1, 0.15) is 64.6 Å². The predicted molar refractivity (Wildman–Crippen MR) is 80.8 cm³/mol. The Kier molecular flexibility index (Phi) is 5.00. The van der Waals surface area contributed by atoms with Gasteiger partial charge in [0.15, 0.2) is 0 Å². The third-order valence-corrected chi connectivity index (χ3v) is 3.52. The Morgan fingerprint density at radius 3 is 2.53 bits per heavy atom. The van der Waals surface area contributed by atoms with Crippen molar-refractivity contribution in [1.82, 2.24) is 9.97 Å². The van der Waals surface area contributed by atoms with Crippen LogP contribution < -0.4 is 10.6 Å². The van der Waals surface area contributed by atoms with Crippen LogP contribution in [-0.2, 0) is 0 Å². The largest absolute Gasteiger partial charge is 0.370 e. The lowest BCUT2D eigenvalue weighted by Gasteiger charge is -2.16. The van der Waals surface area contributed by atoms with Crippen molar-refractivity contribution < 1.29 is 0 Å². The van der Waals surface area contributed by atoms with Gasteiger partial charge in [0.25, 0.3) is 0 Å². The first-order valence-corrected chi connectivity index (χ1v) is 7.58. The van der Waals surface area contributed by atoms with Crippen LogP contribution in [-0.4, -0.2) is 22.6 Å². The lowest BCUT2D eigenvalue weighted by molar-refractivity contribution is 0.735. The molecule has 0 amide bonds. The van der Waals surface area contributed by atoms with Crippen LogP contribution in [0, 0.1) is 0 Å². The van der Waals surface area contributed by atoms with Crippen LogP contribution in [0.2, 0.25) is 0 Å². The van der Waals surface area contributed by atoms with E-state index < -0.39 is 0 Å². The number of rotatable bonds is 6. The standard InChI is InChI=1S/C15H26N4/c1-4-9-16-13-10-14(17-12-7-5-6-8-12)19-15(18-13)11(2)3/h10-12H,4-9H2,1-3H3,(H2,16,17,18,19). The van der Waals surface area contributed by atoms with Crippen molar-refractivity contribution in [1.29, 1.82) is 0 Å². The lowest BCUT2D eigenvalue weighted by Crippen LogP contribution is -2.17. The van der Waals surface area contributed by atoms with Gasteiger partial charge >= 0.3 is 0 Å². The monoisotopic (exact) mass is 262 g/mol. The minimum atomic E-state index is 0.354. The van der Waals surface area contributed by atoms with E-state index in [2.05, 4.69) is 41.4 Å². The minimum Gasteiger partial charge on any atom is -0.370 e. The van der Waals surface area contributed by atoms with E-state index in [0.29, 0.717) is 12.0 Å². The molecule has 0 aliphatic heterocycles. The van der Waals surface area contributed by atoms with E-state index in [1.807, 2.05) is 6.07 Å². The fourth-order valence-electron chi connectivity index (χ4n) is 2.42. The number of hydrogen-bond donors (Lipinski definition) is 2. The van der Waals surface area contributed by atoms with Crippen LogP contribution in [0.15, 0.2) is 6.07 Å². The number of anilines is 2. The van der Waals surface area contributed by atoms with E-state index in [0.717, 1.165) is 30.4 Å². The minimum absolute atomic E-state index is 0.354. The van der Waals surface area contributed by atoms with Gasteiger partial charge in [0, 0.05) is 24.6 Å². The second kappa shape index (κ2) is 6.73. The van der Waals surface area contributed by atoms with E-state index in [1.54, 1.807) is 0 Å². The Labute approximate surface area is 116 Å². The SMILES string of the molecule is CCCNc1cc(NC2CCCC2)nc(C(C)C)n1. The number of nitrogens with one attached hydrogen (secondary N) is 2. The fraction of sp³-hybridized carbons (Fsp3) is 0.733. The van der Waals surface area contributed by atoms with E-state index in [4.69, 9.17) is 0 Å². The molecule has 1 fully saturated rings. The molecule has 0 bridgehead atoms. The second-order valence-corrected chi connectivity index (χ2v) is 5.70. The lowest BCUT2D eigenvalue weighted by atomic mass is 10.2. The van der Waals surface area contributed by atoms with Crippen molar-refractivity contribution in [2.24, 2.45) is 0 Å². The van der Waals surface area contributed by atoms with Gasteiger partial charge < -0.3 is 10.6 Å². The average molecular weight is 262 g/mol. The molecule has 0 unspecified atom stereocenters. The van der Waals surface area contributed by atoms with E-state index in [1.165, 1.54) is 25.7 Å². The zero-order chi connectivity index (χ0) is 13.7. The first-order chi connectivity index (χ1) is 9.19. The van der Waals surface area contributed by atoms with E-state index in [9.17, 15) is 0 Å². The van der Waals surface area contributed by atoms with Gasteiger partial charge in [-0.15, -0.1) is 0 Å². The number of nitrogens with zero attached hydrogens (tertiary/aromatic N) is 2. The summed E-state index contributed by atoms with van der Waals surface area (Å²) in [7, 11) is 0. The third-order valence-electron chi connectivity index (χ3n) is 3.52. The fourth-order valence-corrected chi connectivity index (χ4v) is 2.42. The van der Waals surface area contributed by atoms with Gasteiger partial charge in [0.1, 0.15) is 17.5 Å². The highest BCUT2D eigenvalue weighted by atomic mass is 15.1. The van der Waals surface area contributed by atoms with Gasteiger partial charge in [-0.25, -0.2) is 9.97 Å². The summed E-state index contributed by atoms with van der Waals surface area (Å²) in [6.07, 6.45) is 6.30. The molecule has 1 aromatic heterocycles. The van der Waals surface area contributed by atoms with Crippen LogP contribution in [0.5, 0.6) is 0 Å². The van der Waals surface area contributed by atoms with Crippen molar-refractivity contribution in [2.75, 3.05) is 17.2 Å². The molecule has 0 radical (unpaired) electrons. The zero-order valence-corrected chi connectivity index (χ0v) is 12.4. The van der Waals surface area contributed by atoms with Crippen LogP contribution >= 0.6 is 0 Å². The molecule has 1 heterocycles. The quantitative estimate of drug-likeness (QED) is 0.819. The maximum atomic E-state index is 4.64.